The van der Waals surface area contributed by atoms with Crippen LogP contribution in [0.4, 0.5) is 5.88 Å². The Balaban J connectivity index is 2.09. The first-order chi connectivity index (χ1) is 6.93. The zero-order valence-electron chi connectivity index (χ0n) is 7.68. The van der Waals surface area contributed by atoms with Gasteiger partial charge in [0.25, 0.3) is 0 Å². The van der Waals surface area contributed by atoms with Crippen molar-refractivity contribution < 1.29 is 4.42 Å². The molecule has 1 aromatic heterocycles. The summed E-state index contributed by atoms with van der Waals surface area (Å²) in [4.78, 5) is 6.18. The molecule has 2 aromatic rings. The lowest BCUT2D eigenvalue weighted by Crippen LogP contribution is -2.17. The van der Waals surface area contributed by atoms with Gasteiger partial charge in [-0.1, -0.05) is 18.2 Å². The third-order valence-corrected chi connectivity index (χ3v) is 2.39. The average molecular weight is 186 g/mol. The summed E-state index contributed by atoms with van der Waals surface area (Å²) in [7, 11) is 0. The van der Waals surface area contributed by atoms with E-state index in [-0.39, 0.29) is 0 Å². The van der Waals surface area contributed by atoms with Crippen molar-refractivity contribution in [3.05, 3.63) is 30.3 Å². The fourth-order valence-corrected chi connectivity index (χ4v) is 1.66. The quantitative estimate of drug-likeness (QED) is 0.683. The molecule has 2 heterocycles. The molecule has 0 fully saturated rings. The zero-order chi connectivity index (χ0) is 9.38. The Morgan fingerprint density at radius 1 is 1.29 bits per heavy atom. The molecule has 0 bridgehead atoms. The lowest BCUT2D eigenvalue weighted by Gasteiger charge is -2.07. The van der Waals surface area contributed by atoms with E-state index < -0.39 is 0 Å². The lowest BCUT2D eigenvalue weighted by molar-refractivity contribution is 0.615. The molecule has 0 aliphatic carbocycles. The van der Waals surface area contributed by atoms with Gasteiger partial charge in [0.1, 0.15) is 5.58 Å². The molecule has 0 radical (unpaired) electrons. The van der Waals surface area contributed by atoms with Crippen molar-refractivity contribution in [2.24, 2.45) is 4.99 Å². The van der Waals surface area contributed by atoms with Gasteiger partial charge in [-0.15, -0.1) is 0 Å². The van der Waals surface area contributed by atoms with Crippen molar-refractivity contribution in [1.29, 1.82) is 0 Å². The first-order valence-corrected chi connectivity index (χ1v) is 4.69. The van der Waals surface area contributed by atoms with Gasteiger partial charge >= 0.3 is 0 Å². The third kappa shape index (κ3) is 1.09. The standard InChI is InChI=1S/C11H10N2O/c1-2-4-10-9(3-1)7-11(14-10)13-6-5-12-8-13/h1-4,7-8H,5-6H2. The number of nitrogens with zero attached hydrogens (tertiary/aromatic N) is 2. The van der Waals surface area contributed by atoms with Gasteiger partial charge in [-0.3, -0.25) is 4.99 Å². The van der Waals surface area contributed by atoms with Crippen molar-refractivity contribution in [3.8, 4) is 0 Å². The highest BCUT2D eigenvalue weighted by molar-refractivity contribution is 5.86. The van der Waals surface area contributed by atoms with Gasteiger partial charge in [-0.05, 0) is 6.07 Å². The maximum atomic E-state index is 5.69. The molecule has 0 atom stereocenters. The Bertz CT molecular complexity index is 454. The summed E-state index contributed by atoms with van der Waals surface area (Å²) in [5.74, 6) is 0.882. The summed E-state index contributed by atoms with van der Waals surface area (Å²) < 4.78 is 5.69. The number of benzene rings is 1. The molecule has 0 N–H and O–H groups in total. The van der Waals surface area contributed by atoms with E-state index in [2.05, 4.69) is 11.1 Å². The first kappa shape index (κ1) is 7.62. The van der Waals surface area contributed by atoms with Gasteiger partial charge < -0.3 is 9.32 Å². The monoisotopic (exact) mass is 186 g/mol. The van der Waals surface area contributed by atoms with Crippen LogP contribution < -0.4 is 4.90 Å². The van der Waals surface area contributed by atoms with Crippen LogP contribution in [0, 0.1) is 0 Å². The van der Waals surface area contributed by atoms with Gasteiger partial charge in [0.2, 0.25) is 5.88 Å². The number of para-hydroxylation sites is 1. The highest BCUT2D eigenvalue weighted by Crippen LogP contribution is 2.25. The zero-order valence-corrected chi connectivity index (χ0v) is 7.68. The molecule has 0 unspecified atom stereocenters. The van der Waals surface area contributed by atoms with Crippen LogP contribution in [0.5, 0.6) is 0 Å². The highest BCUT2D eigenvalue weighted by Gasteiger charge is 2.12. The van der Waals surface area contributed by atoms with Gasteiger partial charge in [0.15, 0.2) is 0 Å². The number of anilines is 1. The van der Waals surface area contributed by atoms with Crippen molar-refractivity contribution >= 4 is 23.2 Å². The van der Waals surface area contributed by atoms with Crippen LogP contribution in [0.25, 0.3) is 11.0 Å². The SMILES string of the molecule is C1=NCCN1c1cc2ccccc2o1. The molecular formula is C11H10N2O. The summed E-state index contributed by atoms with van der Waals surface area (Å²) in [6.07, 6.45) is 1.83. The molecule has 3 heteroatoms. The van der Waals surface area contributed by atoms with Crippen LogP contribution in [0.1, 0.15) is 0 Å². The van der Waals surface area contributed by atoms with Crippen LogP contribution in [-0.4, -0.2) is 19.4 Å². The molecule has 70 valence electrons. The van der Waals surface area contributed by atoms with Crippen LogP contribution in [-0.2, 0) is 0 Å². The molecule has 1 aliphatic heterocycles. The van der Waals surface area contributed by atoms with Crippen molar-refractivity contribution in [2.75, 3.05) is 18.0 Å². The fraction of sp³-hybridized carbons (Fsp3) is 0.182. The van der Waals surface area contributed by atoms with E-state index in [1.54, 1.807) is 0 Å². The smallest absolute Gasteiger partial charge is 0.201 e. The Hall–Kier alpha value is -1.77. The summed E-state index contributed by atoms with van der Waals surface area (Å²) in [5, 5.41) is 1.14. The second-order valence-corrected chi connectivity index (χ2v) is 3.34. The van der Waals surface area contributed by atoms with E-state index in [0.717, 1.165) is 29.9 Å². The Morgan fingerprint density at radius 3 is 3.00 bits per heavy atom. The van der Waals surface area contributed by atoms with Crippen LogP contribution >= 0.6 is 0 Å². The van der Waals surface area contributed by atoms with E-state index >= 15 is 0 Å². The molecule has 0 spiro atoms. The van der Waals surface area contributed by atoms with Crippen molar-refractivity contribution in [2.45, 2.75) is 0 Å². The summed E-state index contributed by atoms with van der Waals surface area (Å²) >= 11 is 0. The second kappa shape index (κ2) is 2.87. The Morgan fingerprint density at radius 2 is 2.21 bits per heavy atom. The molecule has 0 saturated heterocycles. The maximum Gasteiger partial charge on any atom is 0.201 e. The Labute approximate surface area is 81.7 Å². The number of furan rings is 1. The minimum atomic E-state index is 0.858. The van der Waals surface area contributed by atoms with E-state index in [1.165, 1.54) is 0 Å². The molecule has 1 aliphatic rings. The van der Waals surface area contributed by atoms with Crippen LogP contribution in [0.3, 0.4) is 0 Å². The van der Waals surface area contributed by atoms with Gasteiger partial charge in [0.05, 0.1) is 12.9 Å². The molecule has 0 saturated carbocycles. The van der Waals surface area contributed by atoms with Gasteiger partial charge in [-0.2, -0.15) is 0 Å². The van der Waals surface area contributed by atoms with E-state index in [9.17, 15) is 0 Å². The molecule has 3 nitrogen and oxygen atoms in total. The van der Waals surface area contributed by atoms with Gasteiger partial charge in [0, 0.05) is 18.0 Å². The van der Waals surface area contributed by atoms with E-state index in [1.807, 2.05) is 35.5 Å². The van der Waals surface area contributed by atoms with E-state index in [4.69, 9.17) is 4.42 Å². The number of fused-ring (bicyclic) bond motifs is 1. The van der Waals surface area contributed by atoms with E-state index in [0.29, 0.717) is 0 Å². The predicted molar refractivity (Wildman–Crippen MR) is 56.9 cm³/mol. The summed E-state index contributed by atoms with van der Waals surface area (Å²) in [6, 6.07) is 10.1. The third-order valence-electron chi connectivity index (χ3n) is 2.39. The van der Waals surface area contributed by atoms with Crippen LogP contribution in [0.2, 0.25) is 0 Å². The number of aliphatic imine (C=N–C) groups is 1. The maximum absolute atomic E-state index is 5.69. The molecular weight excluding hydrogens is 176 g/mol. The summed E-state index contributed by atoms with van der Waals surface area (Å²) in [6.45, 7) is 1.77. The topological polar surface area (TPSA) is 28.7 Å². The number of hydrogen-bond donors (Lipinski definition) is 0. The minimum Gasteiger partial charge on any atom is -0.440 e. The molecule has 3 rings (SSSR count). The number of rotatable bonds is 1. The largest absolute Gasteiger partial charge is 0.440 e. The normalized spacial score (nSPS) is 15.6. The second-order valence-electron chi connectivity index (χ2n) is 3.34. The van der Waals surface area contributed by atoms with Gasteiger partial charge in [-0.25, -0.2) is 0 Å². The number of hydrogen-bond acceptors (Lipinski definition) is 3. The molecule has 0 amide bonds. The minimum absolute atomic E-state index is 0.858. The lowest BCUT2D eigenvalue weighted by atomic mass is 10.3. The fourth-order valence-electron chi connectivity index (χ4n) is 1.66. The van der Waals surface area contributed by atoms with Crippen molar-refractivity contribution in [1.82, 2.24) is 0 Å². The first-order valence-electron chi connectivity index (χ1n) is 4.69. The molecule has 14 heavy (non-hydrogen) atoms. The Kier molecular flexibility index (Phi) is 1.56. The van der Waals surface area contributed by atoms with Crippen LogP contribution in [0.15, 0.2) is 39.7 Å². The molecule has 1 aromatic carbocycles. The predicted octanol–water partition coefficient (Wildman–Crippen LogP) is 2.28. The average Bonchev–Trinajstić information content (AvgIpc) is 2.86. The highest BCUT2D eigenvalue weighted by atomic mass is 16.4. The summed E-state index contributed by atoms with van der Waals surface area (Å²) in [5.41, 5.74) is 0.933. The van der Waals surface area contributed by atoms with Crippen molar-refractivity contribution in [3.63, 3.8) is 0 Å².